The van der Waals surface area contributed by atoms with Crippen LogP contribution in [0.25, 0.3) is 21.2 Å². The van der Waals surface area contributed by atoms with Crippen LogP contribution in [0.4, 0.5) is 0 Å². The van der Waals surface area contributed by atoms with Gasteiger partial charge in [0.1, 0.15) is 16.4 Å². The average molecular weight is 555 g/mol. The summed E-state index contributed by atoms with van der Waals surface area (Å²) in [5.74, 6) is -0.133. The maximum Gasteiger partial charge on any atom is 0.355 e. The molecule has 1 atom stereocenters. The smallest absolute Gasteiger partial charge is 0.355 e. The minimum absolute atomic E-state index is 0.289. The van der Waals surface area contributed by atoms with E-state index in [1.807, 2.05) is 78.9 Å². The minimum atomic E-state index is -0.784. The number of fused-ring (bicyclic) bond motifs is 1. The molecule has 0 aliphatic rings. The van der Waals surface area contributed by atoms with Crippen LogP contribution in [-0.4, -0.2) is 24.2 Å². The van der Waals surface area contributed by atoms with Crippen molar-refractivity contribution in [3.05, 3.63) is 119 Å². The van der Waals surface area contributed by atoms with Gasteiger partial charge in [0.15, 0.2) is 6.10 Å². The summed E-state index contributed by atoms with van der Waals surface area (Å²) < 4.78 is 12.3. The van der Waals surface area contributed by atoms with Crippen molar-refractivity contribution in [2.45, 2.75) is 13.0 Å². The Balaban J connectivity index is 1.20. The van der Waals surface area contributed by atoms with Crippen molar-refractivity contribution in [2.75, 3.05) is 0 Å². The summed E-state index contributed by atoms with van der Waals surface area (Å²) in [7, 11) is 0. The number of esters is 1. The van der Waals surface area contributed by atoms with Crippen molar-refractivity contribution >= 4 is 51.1 Å². The SMILES string of the molecule is CC(Oc1ccc(-c2ccccc2)cc1)C(=O)NN=Cc1ccccc1OC(=O)c1sc2ccccc2c1Cl. The number of hydrogen-bond acceptors (Lipinski definition) is 6. The Morgan fingerprint density at radius 2 is 1.54 bits per heavy atom. The molecule has 6 nitrogen and oxygen atoms in total. The van der Waals surface area contributed by atoms with Gasteiger partial charge >= 0.3 is 5.97 Å². The van der Waals surface area contributed by atoms with Crippen molar-refractivity contribution in [1.29, 1.82) is 0 Å². The van der Waals surface area contributed by atoms with Gasteiger partial charge in [0.2, 0.25) is 0 Å². The van der Waals surface area contributed by atoms with Gasteiger partial charge < -0.3 is 9.47 Å². The van der Waals surface area contributed by atoms with Gasteiger partial charge in [-0.2, -0.15) is 5.10 Å². The minimum Gasteiger partial charge on any atom is -0.481 e. The maximum absolute atomic E-state index is 12.9. The molecule has 1 heterocycles. The number of hydrogen-bond donors (Lipinski definition) is 1. The number of carbonyl (C=O) groups excluding carboxylic acids is 2. The summed E-state index contributed by atoms with van der Waals surface area (Å²) in [6, 6.07) is 31.9. The van der Waals surface area contributed by atoms with Crippen molar-refractivity contribution in [2.24, 2.45) is 5.10 Å². The predicted molar refractivity (Wildman–Crippen MR) is 156 cm³/mol. The third-order valence-corrected chi connectivity index (χ3v) is 7.52. The quantitative estimate of drug-likeness (QED) is 0.0940. The Morgan fingerprint density at radius 1 is 0.872 bits per heavy atom. The highest BCUT2D eigenvalue weighted by molar-refractivity contribution is 7.21. The van der Waals surface area contributed by atoms with Crippen LogP contribution in [0.3, 0.4) is 0 Å². The summed E-state index contributed by atoms with van der Waals surface area (Å²) in [4.78, 5) is 25.7. The fraction of sp³-hybridized carbons (Fsp3) is 0.0645. The van der Waals surface area contributed by atoms with Gasteiger partial charge in [-0.05, 0) is 48.4 Å². The van der Waals surface area contributed by atoms with E-state index < -0.39 is 18.0 Å². The topological polar surface area (TPSA) is 77.0 Å². The summed E-state index contributed by atoms with van der Waals surface area (Å²) in [6.45, 7) is 1.64. The molecule has 0 radical (unpaired) electrons. The first-order valence-corrected chi connectivity index (χ1v) is 13.3. The molecule has 0 aliphatic carbocycles. The predicted octanol–water partition coefficient (Wildman–Crippen LogP) is 7.36. The zero-order valence-corrected chi connectivity index (χ0v) is 22.4. The van der Waals surface area contributed by atoms with Crippen LogP contribution in [-0.2, 0) is 4.79 Å². The number of rotatable bonds is 8. The highest BCUT2D eigenvalue weighted by Gasteiger charge is 2.20. The number of carbonyl (C=O) groups is 2. The highest BCUT2D eigenvalue weighted by atomic mass is 35.5. The Morgan fingerprint density at radius 3 is 2.31 bits per heavy atom. The van der Waals surface area contributed by atoms with Crippen molar-refractivity contribution < 1.29 is 19.1 Å². The van der Waals surface area contributed by atoms with Crippen LogP contribution in [0.1, 0.15) is 22.2 Å². The molecule has 1 aromatic heterocycles. The number of para-hydroxylation sites is 1. The average Bonchev–Trinajstić information content (AvgIpc) is 3.31. The lowest BCUT2D eigenvalue weighted by molar-refractivity contribution is -0.127. The molecule has 194 valence electrons. The maximum atomic E-state index is 12.9. The van der Waals surface area contributed by atoms with E-state index in [2.05, 4.69) is 10.5 Å². The number of nitrogens with zero attached hydrogens (tertiary/aromatic N) is 1. The zero-order valence-electron chi connectivity index (χ0n) is 20.8. The number of thiophene rings is 1. The van der Waals surface area contributed by atoms with E-state index in [1.54, 1.807) is 31.2 Å². The van der Waals surface area contributed by atoms with Crippen LogP contribution < -0.4 is 14.9 Å². The van der Waals surface area contributed by atoms with Crippen molar-refractivity contribution in [3.8, 4) is 22.6 Å². The van der Waals surface area contributed by atoms with Crippen LogP contribution >= 0.6 is 22.9 Å². The summed E-state index contributed by atoms with van der Waals surface area (Å²) >= 11 is 7.69. The summed E-state index contributed by atoms with van der Waals surface area (Å²) in [6.07, 6.45) is 0.627. The first-order chi connectivity index (χ1) is 19.0. The molecule has 1 amide bonds. The van der Waals surface area contributed by atoms with E-state index >= 15 is 0 Å². The monoisotopic (exact) mass is 554 g/mol. The molecule has 1 unspecified atom stereocenters. The van der Waals surface area contributed by atoms with Crippen molar-refractivity contribution in [1.82, 2.24) is 5.43 Å². The van der Waals surface area contributed by atoms with E-state index in [-0.39, 0.29) is 5.75 Å². The van der Waals surface area contributed by atoms with E-state index in [0.717, 1.165) is 21.2 Å². The molecular weight excluding hydrogens is 532 g/mol. The lowest BCUT2D eigenvalue weighted by Gasteiger charge is -2.13. The third kappa shape index (κ3) is 6.17. The molecule has 5 rings (SSSR count). The van der Waals surface area contributed by atoms with Gasteiger partial charge in [0.05, 0.1) is 11.2 Å². The normalized spacial score (nSPS) is 11.8. The van der Waals surface area contributed by atoms with Crippen LogP contribution in [0, 0.1) is 0 Å². The lowest BCUT2D eigenvalue weighted by atomic mass is 10.1. The molecule has 0 saturated heterocycles. The van der Waals surface area contributed by atoms with Gasteiger partial charge in [-0.3, -0.25) is 4.79 Å². The number of nitrogens with one attached hydrogen (secondary N) is 1. The zero-order chi connectivity index (χ0) is 27.2. The first kappa shape index (κ1) is 26.2. The molecular formula is C31H23ClN2O4S. The van der Waals surface area contributed by atoms with Crippen LogP contribution in [0.5, 0.6) is 11.5 Å². The van der Waals surface area contributed by atoms with E-state index in [1.165, 1.54) is 17.6 Å². The van der Waals surface area contributed by atoms with E-state index in [4.69, 9.17) is 21.1 Å². The van der Waals surface area contributed by atoms with Gasteiger partial charge in [-0.25, -0.2) is 10.2 Å². The number of halogens is 1. The summed E-state index contributed by atoms with van der Waals surface area (Å²) in [5.41, 5.74) is 5.13. The molecule has 1 N–H and O–H groups in total. The van der Waals surface area contributed by atoms with Gasteiger partial charge in [0, 0.05) is 15.6 Å². The molecule has 5 aromatic rings. The molecule has 0 aliphatic heterocycles. The number of hydrazone groups is 1. The number of benzene rings is 4. The molecule has 0 saturated carbocycles. The summed E-state index contributed by atoms with van der Waals surface area (Å²) in [5, 5.41) is 5.20. The Labute approximate surface area is 234 Å². The second-order valence-electron chi connectivity index (χ2n) is 8.55. The molecule has 0 spiro atoms. The standard InChI is InChI=1S/C31H23ClN2O4S/c1-20(37-24-17-15-22(16-18-24)21-9-3-2-4-10-21)30(35)34-33-19-23-11-5-7-13-26(23)38-31(36)29-28(32)25-12-6-8-14-27(25)39-29/h2-20H,1H3,(H,34,35). The molecule has 8 heteroatoms. The fourth-order valence-electron chi connectivity index (χ4n) is 3.84. The lowest BCUT2D eigenvalue weighted by Crippen LogP contribution is -2.33. The third-order valence-electron chi connectivity index (χ3n) is 5.86. The van der Waals surface area contributed by atoms with Gasteiger partial charge in [-0.1, -0.05) is 84.4 Å². The fourth-order valence-corrected chi connectivity index (χ4v) is 5.23. The Kier molecular flexibility index (Phi) is 8.01. The first-order valence-electron chi connectivity index (χ1n) is 12.1. The second-order valence-corrected chi connectivity index (χ2v) is 9.98. The van der Waals surface area contributed by atoms with Crippen LogP contribution in [0.2, 0.25) is 5.02 Å². The number of amides is 1. The van der Waals surface area contributed by atoms with Gasteiger partial charge in [0.25, 0.3) is 5.91 Å². The van der Waals surface area contributed by atoms with E-state index in [9.17, 15) is 9.59 Å². The molecule has 0 fully saturated rings. The van der Waals surface area contributed by atoms with E-state index in [0.29, 0.717) is 21.2 Å². The van der Waals surface area contributed by atoms with Gasteiger partial charge in [-0.15, -0.1) is 11.3 Å². The Bertz CT molecular complexity index is 1650. The second kappa shape index (κ2) is 11.9. The Hall–Kier alpha value is -4.46. The molecule has 39 heavy (non-hydrogen) atoms. The van der Waals surface area contributed by atoms with Crippen LogP contribution in [0.15, 0.2) is 108 Å². The van der Waals surface area contributed by atoms with Crippen molar-refractivity contribution in [3.63, 3.8) is 0 Å². The molecule has 4 aromatic carbocycles. The highest BCUT2D eigenvalue weighted by Crippen LogP contribution is 2.36. The number of ether oxygens (including phenoxy) is 2. The molecule has 0 bridgehead atoms. The largest absolute Gasteiger partial charge is 0.481 e.